The highest BCUT2D eigenvalue weighted by atomic mass is 32.2. The molecule has 3 rings (SSSR count). The maximum atomic E-state index is 12.8. The number of hydrogen-bond donors (Lipinski definition) is 1. The van der Waals surface area contributed by atoms with Gasteiger partial charge in [-0.15, -0.1) is 11.3 Å². The Hall–Kier alpha value is -0.920. The van der Waals surface area contributed by atoms with E-state index >= 15 is 0 Å². The third-order valence-corrected chi connectivity index (χ3v) is 6.87. The summed E-state index contributed by atoms with van der Waals surface area (Å²) in [4.78, 5) is 16.3. The van der Waals surface area contributed by atoms with Gasteiger partial charge < -0.3 is 10.2 Å². The first-order valence-electron chi connectivity index (χ1n) is 8.10. The summed E-state index contributed by atoms with van der Waals surface area (Å²) in [6, 6.07) is 1.77. The van der Waals surface area contributed by atoms with Crippen molar-refractivity contribution in [1.29, 1.82) is 0 Å². The SMILES string of the molecule is Cc1sc(C(=O)N2CC[C@@H]3CNC[C@@H]3CC2)cc1CS(C)(=O)=O. The molecule has 1 aromatic heterocycles. The average molecular weight is 357 g/mol. The Kier molecular flexibility index (Phi) is 4.80. The molecule has 2 atom stereocenters. The lowest BCUT2D eigenvalue weighted by Gasteiger charge is -2.20. The van der Waals surface area contributed by atoms with Gasteiger partial charge in [0, 0.05) is 24.2 Å². The molecule has 1 N–H and O–H groups in total. The summed E-state index contributed by atoms with van der Waals surface area (Å²) in [5.74, 6) is 1.46. The molecular weight excluding hydrogens is 332 g/mol. The lowest BCUT2D eigenvalue weighted by Crippen LogP contribution is -2.32. The van der Waals surface area contributed by atoms with Crippen LogP contribution in [0.25, 0.3) is 0 Å². The van der Waals surface area contributed by atoms with Crippen molar-refractivity contribution in [2.75, 3.05) is 32.4 Å². The highest BCUT2D eigenvalue weighted by molar-refractivity contribution is 7.89. The van der Waals surface area contributed by atoms with E-state index in [2.05, 4.69) is 5.32 Å². The van der Waals surface area contributed by atoms with Crippen LogP contribution in [0.5, 0.6) is 0 Å². The van der Waals surface area contributed by atoms with E-state index in [1.807, 2.05) is 11.8 Å². The molecule has 1 amide bonds. The van der Waals surface area contributed by atoms with Gasteiger partial charge in [0.05, 0.1) is 10.6 Å². The van der Waals surface area contributed by atoms with E-state index in [4.69, 9.17) is 0 Å². The van der Waals surface area contributed by atoms with Crippen molar-refractivity contribution in [2.45, 2.75) is 25.5 Å². The molecule has 23 heavy (non-hydrogen) atoms. The third kappa shape index (κ3) is 3.95. The Balaban J connectivity index is 1.72. The number of sulfone groups is 1. The molecule has 0 spiro atoms. The van der Waals surface area contributed by atoms with Gasteiger partial charge in [0.15, 0.2) is 9.84 Å². The first-order valence-corrected chi connectivity index (χ1v) is 11.0. The zero-order valence-corrected chi connectivity index (χ0v) is 15.3. The van der Waals surface area contributed by atoms with E-state index in [1.54, 1.807) is 6.07 Å². The van der Waals surface area contributed by atoms with Crippen LogP contribution in [0.3, 0.4) is 0 Å². The van der Waals surface area contributed by atoms with Crippen LogP contribution in [0.1, 0.15) is 33.0 Å². The molecule has 5 nitrogen and oxygen atoms in total. The summed E-state index contributed by atoms with van der Waals surface area (Å²) in [5, 5.41) is 3.44. The smallest absolute Gasteiger partial charge is 0.263 e. The van der Waals surface area contributed by atoms with E-state index < -0.39 is 9.84 Å². The minimum atomic E-state index is -3.08. The van der Waals surface area contributed by atoms with Crippen molar-refractivity contribution in [3.8, 4) is 0 Å². The number of amides is 1. The lowest BCUT2D eigenvalue weighted by molar-refractivity contribution is 0.0763. The van der Waals surface area contributed by atoms with Crippen molar-refractivity contribution in [1.82, 2.24) is 10.2 Å². The summed E-state index contributed by atoms with van der Waals surface area (Å²) in [5.41, 5.74) is 0.761. The van der Waals surface area contributed by atoms with Gasteiger partial charge in [0.2, 0.25) is 0 Å². The number of aryl methyl sites for hydroxylation is 1. The number of thiophene rings is 1. The minimum Gasteiger partial charge on any atom is -0.338 e. The predicted octanol–water partition coefficient (Wildman–Crippen LogP) is 1.67. The summed E-state index contributed by atoms with van der Waals surface area (Å²) in [6.45, 7) is 5.65. The number of likely N-dealkylation sites (tertiary alicyclic amines) is 1. The fourth-order valence-electron chi connectivity index (χ4n) is 3.63. The van der Waals surface area contributed by atoms with Gasteiger partial charge in [-0.2, -0.15) is 0 Å². The topological polar surface area (TPSA) is 66.5 Å². The Labute approximate surface area is 142 Å². The van der Waals surface area contributed by atoms with E-state index in [9.17, 15) is 13.2 Å². The molecule has 2 aliphatic heterocycles. The summed E-state index contributed by atoms with van der Waals surface area (Å²) in [7, 11) is -3.08. The first-order chi connectivity index (χ1) is 10.8. The van der Waals surface area contributed by atoms with Gasteiger partial charge in [0.1, 0.15) is 0 Å². The number of nitrogens with one attached hydrogen (secondary N) is 1. The number of carbonyl (C=O) groups excluding carboxylic acids is 1. The second kappa shape index (κ2) is 6.53. The largest absolute Gasteiger partial charge is 0.338 e. The monoisotopic (exact) mass is 356 g/mol. The fourth-order valence-corrected chi connectivity index (χ4v) is 5.59. The molecule has 3 heterocycles. The van der Waals surface area contributed by atoms with Crippen LogP contribution >= 0.6 is 11.3 Å². The van der Waals surface area contributed by atoms with Gasteiger partial charge in [-0.3, -0.25) is 4.79 Å². The Morgan fingerprint density at radius 1 is 1.30 bits per heavy atom. The van der Waals surface area contributed by atoms with Gasteiger partial charge in [-0.25, -0.2) is 8.42 Å². The lowest BCUT2D eigenvalue weighted by atomic mass is 9.92. The number of rotatable bonds is 3. The van der Waals surface area contributed by atoms with Crippen LogP contribution in [0.2, 0.25) is 0 Å². The van der Waals surface area contributed by atoms with E-state index in [0.717, 1.165) is 49.5 Å². The number of fused-ring (bicyclic) bond motifs is 1. The highest BCUT2D eigenvalue weighted by Crippen LogP contribution is 2.29. The normalized spacial score (nSPS) is 25.2. The van der Waals surface area contributed by atoms with E-state index in [1.165, 1.54) is 17.6 Å². The number of nitrogens with zero attached hydrogens (tertiary/aromatic N) is 1. The first kappa shape index (κ1) is 16.9. The molecule has 7 heteroatoms. The van der Waals surface area contributed by atoms with Crippen molar-refractivity contribution in [2.24, 2.45) is 11.8 Å². The summed E-state index contributed by atoms with van der Waals surface area (Å²) >= 11 is 1.42. The summed E-state index contributed by atoms with van der Waals surface area (Å²) in [6.07, 6.45) is 3.35. The Morgan fingerprint density at radius 2 is 1.91 bits per heavy atom. The Bertz CT molecular complexity index is 682. The number of hydrogen-bond acceptors (Lipinski definition) is 5. The molecule has 0 radical (unpaired) electrons. The molecule has 0 aromatic carbocycles. The van der Waals surface area contributed by atoms with Crippen LogP contribution < -0.4 is 5.32 Å². The molecular formula is C16H24N2O3S2. The quantitative estimate of drug-likeness (QED) is 0.895. The third-order valence-electron chi connectivity index (χ3n) is 4.96. The Morgan fingerprint density at radius 3 is 2.48 bits per heavy atom. The molecule has 1 aromatic rings. The standard InChI is InChI=1S/C16H24N2O3S2/c1-11-14(10-23(2,20)21)7-15(22-11)16(19)18-5-3-12-8-17-9-13(12)4-6-18/h7,12-13,17H,3-6,8-10H2,1-2H3/t12-,13+. The van der Waals surface area contributed by atoms with Crippen molar-refractivity contribution in [3.05, 3.63) is 21.4 Å². The second-order valence-corrected chi connectivity index (χ2v) is 10.2. The average Bonchev–Trinajstić information content (AvgIpc) is 2.99. The van der Waals surface area contributed by atoms with E-state index in [-0.39, 0.29) is 11.7 Å². The van der Waals surface area contributed by atoms with Crippen LogP contribution in [0.4, 0.5) is 0 Å². The maximum absolute atomic E-state index is 12.8. The molecule has 0 saturated carbocycles. The molecule has 2 saturated heterocycles. The van der Waals surface area contributed by atoms with Crippen LogP contribution in [0, 0.1) is 18.8 Å². The van der Waals surface area contributed by atoms with Gasteiger partial charge in [-0.1, -0.05) is 0 Å². The number of carbonyl (C=O) groups is 1. The van der Waals surface area contributed by atoms with Crippen molar-refractivity contribution < 1.29 is 13.2 Å². The minimum absolute atomic E-state index is 0.0123. The van der Waals surface area contributed by atoms with Crippen LogP contribution in [-0.4, -0.2) is 51.7 Å². The van der Waals surface area contributed by atoms with Crippen molar-refractivity contribution in [3.63, 3.8) is 0 Å². The van der Waals surface area contributed by atoms with Crippen LogP contribution in [0.15, 0.2) is 6.07 Å². The molecule has 128 valence electrons. The fraction of sp³-hybridized carbons (Fsp3) is 0.688. The van der Waals surface area contributed by atoms with Crippen molar-refractivity contribution >= 4 is 27.1 Å². The van der Waals surface area contributed by atoms with E-state index in [0.29, 0.717) is 16.7 Å². The molecule has 0 bridgehead atoms. The second-order valence-electron chi connectivity index (χ2n) is 6.81. The van der Waals surface area contributed by atoms with Gasteiger partial charge in [-0.05, 0) is 56.3 Å². The van der Waals surface area contributed by atoms with Crippen LogP contribution in [-0.2, 0) is 15.6 Å². The zero-order chi connectivity index (χ0) is 16.6. The summed E-state index contributed by atoms with van der Waals surface area (Å²) < 4.78 is 23.0. The molecule has 0 aliphatic carbocycles. The highest BCUT2D eigenvalue weighted by Gasteiger charge is 2.32. The molecule has 2 aliphatic rings. The molecule has 0 unspecified atom stereocenters. The zero-order valence-electron chi connectivity index (χ0n) is 13.7. The van der Waals surface area contributed by atoms with Gasteiger partial charge in [0.25, 0.3) is 5.91 Å². The maximum Gasteiger partial charge on any atom is 0.263 e. The van der Waals surface area contributed by atoms with Gasteiger partial charge >= 0.3 is 0 Å². The predicted molar refractivity (Wildman–Crippen MR) is 92.6 cm³/mol. The molecule has 2 fully saturated rings.